The van der Waals surface area contributed by atoms with Crippen LogP contribution in [0.2, 0.25) is 0 Å². The Morgan fingerprint density at radius 3 is 1.20 bits per heavy atom. The van der Waals surface area contributed by atoms with Crippen LogP contribution < -0.4 is 0 Å². The standard InChI is InChI=1S/C26H50O4/c1-4-5-6-7-8-9-10-11-12-13-14-15-16-17-18-19-20-21-22-23-24(27)30-26(2,3)25(28)29/h4-23H2,1-3H3,(H,28,29). The van der Waals surface area contributed by atoms with Crippen LogP contribution in [0.4, 0.5) is 0 Å². The van der Waals surface area contributed by atoms with Gasteiger partial charge in [-0.3, -0.25) is 4.79 Å². The summed E-state index contributed by atoms with van der Waals surface area (Å²) in [6.45, 7) is 5.09. The fraction of sp³-hybridized carbons (Fsp3) is 0.923. The predicted molar refractivity (Wildman–Crippen MR) is 126 cm³/mol. The lowest BCUT2D eigenvalue weighted by atomic mass is 10.0. The molecule has 0 heterocycles. The first-order valence-electron chi connectivity index (χ1n) is 12.9. The second-order valence-electron chi connectivity index (χ2n) is 9.40. The van der Waals surface area contributed by atoms with Crippen molar-refractivity contribution in [2.75, 3.05) is 0 Å². The maximum Gasteiger partial charge on any atom is 0.347 e. The van der Waals surface area contributed by atoms with E-state index in [2.05, 4.69) is 6.92 Å². The Hall–Kier alpha value is -1.06. The van der Waals surface area contributed by atoms with Gasteiger partial charge in [-0.25, -0.2) is 4.79 Å². The average molecular weight is 427 g/mol. The molecular formula is C26H50O4. The van der Waals surface area contributed by atoms with Gasteiger partial charge in [0.25, 0.3) is 0 Å². The van der Waals surface area contributed by atoms with E-state index in [9.17, 15) is 9.59 Å². The number of unbranched alkanes of at least 4 members (excludes halogenated alkanes) is 18. The number of carboxylic acid groups (broad SMARTS) is 1. The molecule has 0 aliphatic rings. The second kappa shape index (κ2) is 19.9. The molecule has 0 rings (SSSR count). The molecule has 0 unspecified atom stereocenters. The molecule has 0 aliphatic carbocycles. The van der Waals surface area contributed by atoms with Gasteiger partial charge >= 0.3 is 11.9 Å². The summed E-state index contributed by atoms with van der Waals surface area (Å²) in [5, 5.41) is 8.95. The normalized spacial score (nSPS) is 11.6. The minimum Gasteiger partial charge on any atom is -0.478 e. The van der Waals surface area contributed by atoms with E-state index in [0.717, 1.165) is 19.3 Å². The molecule has 4 nitrogen and oxygen atoms in total. The van der Waals surface area contributed by atoms with Gasteiger partial charge in [0.1, 0.15) is 0 Å². The zero-order chi connectivity index (χ0) is 22.5. The van der Waals surface area contributed by atoms with Crippen LogP contribution in [0.15, 0.2) is 0 Å². The minimum atomic E-state index is -1.43. The van der Waals surface area contributed by atoms with Gasteiger partial charge in [0.2, 0.25) is 5.60 Å². The summed E-state index contributed by atoms with van der Waals surface area (Å²) in [6, 6.07) is 0. The quantitative estimate of drug-likeness (QED) is 0.140. The largest absolute Gasteiger partial charge is 0.478 e. The predicted octanol–water partition coefficient (Wildman–Crippen LogP) is 8.21. The summed E-state index contributed by atoms with van der Waals surface area (Å²) in [6.07, 6.45) is 25.4. The zero-order valence-corrected chi connectivity index (χ0v) is 20.3. The lowest BCUT2D eigenvalue weighted by Gasteiger charge is -2.19. The molecule has 0 saturated heterocycles. The van der Waals surface area contributed by atoms with Crippen molar-refractivity contribution in [2.24, 2.45) is 0 Å². The van der Waals surface area contributed by atoms with E-state index in [0.29, 0.717) is 6.42 Å². The molecule has 0 aliphatic heterocycles. The maximum atomic E-state index is 11.7. The molecule has 0 atom stereocenters. The number of hydrogen-bond donors (Lipinski definition) is 1. The summed E-state index contributed by atoms with van der Waals surface area (Å²) >= 11 is 0. The summed E-state index contributed by atoms with van der Waals surface area (Å²) in [4.78, 5) is 22.6. The van der Waals surface area contributed by atoms with E-state index in [1.165, 1.54) is 117 Å². The van der Waals surface area contributed by atoms with Gasteiger partial charge in [-0.1, -0.05) is 122 Å². The fourth-order valence-electron chi connectivity index (χ4n) is 3.73. The van der Waals surface area contributed by atoms with E-state index in [-0.39, 0.29) is 0 Å². The van der Waals surface area contributed by atoms with Gasteiger partial charge in [0.15, 0.2) is 0 Å². The molecule has 4 heteroatoms. The van der Waals surface area contributed by atoms with Crippen molar-refractivity contribution in [1.82, 2.24) is 0 Å². The lowest BCUT2D eigenvalue weighted by Crippen LogP contribution is -2.36. The third kappa shape index (κ3) is 18.9. The van der Waals surface area contributed by atoms with E-state index < -0.39 is 17.5 Å². The van der Waals surface area contributed by atoms with Crippen molar-refractivity contribution < 1.29 is 19.4 Å². The van der Waals surface area contributed by atoms with Crippen LogP contribution in [0.1, 0.15) is 149 Å². The SMILES string of the molecule is CCCCCCCCCCCCCCCCCCCCCC(=O)OC(C)(C)C(=O)O. The Kier molecular flexibility index (Phi) is 19.2. The van der Waals surface area contributed by atoms with Gasteiger partial charge in [-0.05, 0) is 20.3 Å². The lowest BCUT2D eigenvalue weighted by molar-refractivity contribution is -0.174. The van der Waals surface area contributed by atoms with Gasteiger partial charge in [0.05, 0.1) is 0 Å². The van der Waals surface area contributed by atoms with Crippen LogP contribution in [0.5, 0.6) is 0 Å². The Labute approximate surface area is 186 Å². The molecule has 0 aromatic heterocycles. The number of esters is 1. The van der Waals surface area contributed by atoms with Crippen molar-refractivity contribution in [3.05, 3.63) is 0 Å². The number of aliphatic carboxylic acids is 1. The first-order valence-corrected chi connectivity index (χ1v) is 12.9. The molecule has 0 radical (unpaired) electrons. The van der Waals surface area contributed by atoms with Crippen molar-refractivity contribution in [1.29, 1.82) is 0 Å². The van der Waals surface area contributed by atoms with E-state index in [1.54, 1.807) is 0 Å². The third-order valence-electron chi connectivity index (χ3n) is 5.87. The van der Waals surface area contributed by atoms with Gasteiger partial charge < -0.3 is 9.84 Å². The average Bonchev–Trinajstić information content (AvgIpc) is 2.69. The minimum absolute atomic E-state index is 0.315. The highest BCUT2D eigenvalue weighted by atomic mass is 16.6. The Bertz CT molecular complexity index is 417. The number of rotatable bonds is 22. The van der Waals surface area contributed by atoms with Crippen molar-refractivity contribution in [3.63, 3.8) is 0 Å². The molecule has 0 aromatic rings. The molecule has 178 valence electrons. The summed E-state index contributed by atoms with van der Waals surface area (Å²) in [5.74, 6) is -1.52. The summed E-state index contributed by atoms with van der Waals surface area (Å²) in [5.41, 5.74) is -1.43. The first-order chi connectivity index (χ1) is 14.4. The highest BCUT2D eigenvalue weighted by Gasteiger charge is 2.31. The molecule has 0 fully saturated rings. The molecule has 1 N–H and O–H groups in total. The zero-order valence-electron chi connectivity index (χ0n) is 20.3. The molecule has 0 spiro atoms. The van der Waals surface area contributed by atoms with Crippen LogP contribution in [0.25, 0.3) is 0 Å². The van der Waals surface area contributed by atoms with Gasteiger partial charge in [0, 0.05) is 6.42 Å². The van der Waals surface area contributed by atoms with Gasteiger partial charge in [-0.2, -0.15) is 0 Å². The number of carboxylic acids is 1. The summed E-state index contributed by atoms with van der Waals surface area (Å²) in [7, 11) is 0. The molecule has 0 aromatic carbocycles. The Morgan fingerprint density at radius 1 is 0.600 bits per heavy atom. The van der Waals surface area contributed by atoms with E-state index in [4.69, 9.17) is 9.84 Å². The van der Waals surface area contributed by atoms with E-state index in [1.807, 2.05) is 0 Å². The highest BCUT2D eigenvalue weighted by molar-refractivity contribution is 5.81. The topological polar surface area (TPSA) is 63.6 Å². The van der Waals surface area contributed by atoms with Crippen molar-refractivity contribution in [3.8, 4) is 0 Å². The van der Waals surface area contributed by atoms with Crippen LogP contribution in [-0.2, 0) is 14.3 Å². The van der Waals surface area contributed by atoms with Crippen LogP contribution >= 0.6 is 0 Å². The van der Waals surface area contributed by atoms with Crippen LogP contribution in [0.3, 0.4) is 0 Å². The molecule has 0 bridgehead atoms. The molecular weight excluding hydrogens is 376 g/mol. The van der Waals surface area contributed by atoms with Crippen LogP contribution in [0, 0.1) is 0 Å². The maximum absolute atomic E-state index is 11.7. The molecule has 0 amide bonds. The number of carbonyl (C=O) groups excluding carboxylic acids is 1. The molecule has 30 heavy (non-hydrogen) atoms. The number of carbonyl (C=O) groups is 2. The van der Waals surface area contributed by atoms with Crippen molar-refractivity contribution in [2.45, 2.75) is 155 Å². The Morgan fingerprint density at radius 2 is 0.900 bits per heavy atom. The number of hydrogen-bond acceptors (Lipinski definition) is 3. The summed E-state index contributed by atoms with van der Waals surface area (Å²) < 4.78 is 5.00. The molecule has 0 saturated carbocycles. The number of ether oxygens (including phenoxy) is 1. The van der Waals surface area contributed by atoms with Crippen LogP contribution in [-0.4, -0.2) is 22.6 Å². The van der Waals surface area contributed by atoms with Gasteiger partial charge in [-0.15, -0.1) is 0 Å². The van der Waals surface area contributed by atoms with Crippen molar-refractivity contribution >= 4 is 11.9 Å². The third-order valence-corrected chi connectivity index (χ3v) is 5.87. The first kappa shape index (κ1) is 28.9. The smallest absolute Gasteiger partial charge is 0.347 e. The second-order valence-corrected chi connectivity index (χ2v) is 9.40. The monoisotopic (exact) mass is 426 g/mol. The van der Waals surface area contributed by atoms with E-state index >= 15 is 0 Å². The Balaban J connectivity index is 3.23. The highest BCUT2D eigenvalue weighted by Crippen LogP contribution is 2.16. The fourth-order valence-corrected chi connectivity index (χ4v) is 3.73.